The molecular weight excluding hydrogens is 539 g/mol. The number of fused-ring (bicyclic) bond motifs is 2. The second-order valence-corrected chi connectivity index (χ2v) is 13.8. The summed E-state index contributed by atoms with van der Waals surface area (Å²) in [6, 6.07) is 8.49. The number of aromatic nitrogens is 5. The van der Waals surface area contributed by atoms with E-state index in [4.69, 9.17) is 10.7 Å². The van der Waals surface area contributed by atoms with E-state index in [1.54, 1.807) is 4.90 Å². The van der Waals surface area contributed by atoms with Crippen molar-refractivity contribution in [3.63, 3.8) is 0 Å². The summed E-state index contributed by atoms with van der Waals surface area (Å²) in [4.78, 5) is 18.5. The van der Waals surface area contributed by atoms with Crippen LogP contribution in [0.5, 0.6) is 0 Å². The molecule has 0 amide bonds. The fourth-order valence-electron chi connectivity index (χ4n) is 7.16. The first-order valence-corrected chi connectivity index (χ1v) is 15.2. The predicted octanol–water partition coefficient (Wildman–Crippen LogP) is 7.05. The van der Waals surface area contributed by atoms with Crippen molar-refractivity contribution in [1.82, 2.24) is 29.4 Å². The minimum atomic E-state index is -4.21. The van der Waals surface area contributed by atoms with E-state index in [9.17, 15) is 13.2 Å². The Morgan fingerprint density at radius 2 is 1.86 bits per heavy atom. The quantitative estimate of drug-likeness (QED) is 0.233. The number of alkyl halides is 3. The Labute approximate surface area is 245 Å². The molecule has 3 N–H and O–H groups in total. The zero-order valence-electron chi connectivity index (χ0n) is 25.0. The van der Waals surface area contributed by atoms with Crippen molar-refractivity contribution >= 4 is 27.9 Å². The van der Waals surface area contributed by atoms with Gasteiger partial charge >= 0.3 is 6.18 Å². The predicted molar refractivity (Wildman–Crippen MR) is 160 cm³/mol. The van der Waals surface area contributed by atoms with Crippen molar-refractivity contribution in [3.8, 4) is 0 Å². The summed E-state index contributed by atoms with van der Waals surface area (Å²) >= 11 is 0. The van der Waals surface area contributed by atoms with Crippen molar-refractivity contribution < 1.29 is 13.2 Å². The molecular formula is C32H42F3N7. The maximum atomic E-state index is 13.7. The van der Waals surface area contributed by atoms with Gasteiger partial charge in [0.25, 0.3) is 0 Å². The first-order chi connectivity index (χ1) is 19.8. The Bertz CT molecular complexity index is 1540. The number of nitrogens with two attached hydrogens (primary N) is 1. The molecule has 0 spiro atoms. The van der Waals surface area contributed by atoms with Gasteiger partial charge in [0.05, 0.1) is 23.0 Å². The number of halogens is 3. The van der Waals surface area contributed by atoms with Gasteiger partial charge in [0.1, 0.15) is 23.6 Å². The van der Waals surface area contributed by atoms with E-state index in [2.05, 4.69) is 65.4 Å². The van der Waals surface area contributed by atoms with Crippen molar-refractivity contribution in [2.45, 2.75) is 89.9 Å². The lowest BCUT2D eigenvalue weighted by Gasteiger charge is -2.44. The van der Waals surface area contributed by atoms with Crippen LogP contribution in [0.1, 0.15) is 77.2 Å². The van der Waals surface area contributed by atoms with E-state index >= 15 is 0 Å². The van der Waals surface area contributed by atoms with Crippen molar-refractivity contribution in [2.24, 2.45) is 17.8 Å². The summed E-state index contributed by atoms with van der Waals surface area (Å²) < 4.78 is 43.2. The summed E-state index contributed by atoms with van der Waals surface area (Å²) in [6.45, 7) is 8.40. The van der Waals surface area contributed by atoms with E-state index in [0.29, 0.717) is 24.2 Å². The fraction of sp³-hybridized carbons (Fsp3) is 0.594. The van der Waals surface area contributed by atoms with Crippen LogP contribution in [0.2, 0.25) is 0 Å². The molecule has 2 aliphatic rings. The number of aromatic amines is 1. The lowest BCUT2D eigenvalue weighted by Crippen LogP contribution is -2.50. The van der Waals surface area contributed by atoms with Gasteiger partial charge in [-0.3, -0.25) is 4.90 Å². The Balaban J connectivity index is 1.06. The smallest absolute Gasteiger partial charge is 0.383 e. The van der Waals surface area contributed by atoms with Gasteiger partial charge in [-0.15, -0.1) is 0 Å². The monoisotopic (exact) mass is 581 g/mol. The van der Waals surface area contributed by atoms with Gasteiger partial charge in [-0.05, 0) is 79.0 Å². The van der Waals surface area contributed by atoms with E-state index in [-0.39, 0.29) is 23.4 Å². The number of aryl methyl sites for hydroxylation is 1. The highest BCUT2D eigenvalue weighted by atomic mass is 19.4. The third kappa shape index (κ3) is 6.00. The summed E-state index contributed by atoms with van der Waals surface area (Å²) in [5.74, 6) is 2.36. The number of imidazole rings is 1. The number of nitrogens with zero attached hydrogens (tertiary/aromatic N) is 5. The van der Waals surface area contributed by atoms with Crippen molar-refractivity contribution in [1.29, 1.82) is 0 Å². The van der Waals surface area contributed by atoms with Crippen LogP contribution in [0, 0.1) is 17.8 Å². The van der Waals surface area contributed by atoms with Crippen molar-refractivity contribution in [2.75, 3.05) is 18.8 Å². The molecule has 0 aliphatic heterocycles. The average Bonchev–Trinajstić information content (AvgIpc) is 3.58. The number of nitrogens with one attached hydrogen (secondary N) is 1. The van der Waals surface area contributed by atoms with Crippen LogP contribution in [-0.2, 0) is 11.8 Å². The van der Waals surface area contributed by atoms with Crippen molar-refractivity contribution in [3.05, 3.63) is 48.2 Å². The third-order valence-corrected chi connectivity index (χ3v) is 9.72. The van der Waals surface area contributed by atoms with Gasteiger partial charge in [-0.25, -0.2) is 15.0 Å². The molecule has 42 heavy (non-hydrogen) atoms. The van der Waals surface area contributed by atoms with Crippen LogP contribution >= 0.6 is 0 Å². The number of H-pyrrole nitrogens is 1. The number of anilines is 1. The van der Waals surface area contributed by atoms with E-state index in [0.717, 1.165) is 66.4 Å². The maximum absolute atomic E-state index is 13.7. The van der Waals surface area contributed by atoms with E-state index in [1.807, 2.05) is 12.3 Å². The Hall–Kier alpha value is -3.14. The van der Waals surface area contributed by atoms with Gasteiger partial charge in [0.15, 0.2) is 0 Å². The highest BCUT2D eigenvalue weighted by Gasteiger charge is 2.42. The summed E-state index contributed by atoms with van der Waals surface area (Å²) in [5.41, 5.74) is 10.2. The lowest BCUT2D eigenvalue weighted by molar-refractivity contribution is -0.158. The molecule has 2 aliphatic carbocycles. The molecule has 3 atom stereocenters. The maximum Gasteiger partial charge on any atom is 0.401 e. The van der Waals surface area contributed by atoms with Crippen LogP contribution in [0.25, 0.3) is 22.1 Å². The Morgan fingerprint density at radius 1 is 1.07 bits per heavy atom. The van der Waals surface area contributed by atoms with Crippen LogP contribution in [0.4, 0.5) is 19.0 Å². The molecule has 2 saturated carbocycles. The summed E-state index contributed by atoms with van der Waals surface area (Å²) in [6.07, 6.45) is 4.39. The van der Waals surface area contributed by atoms with Gasteiger partial charge < -0.3 is 15.3 Å². The Morgan fingerprint density at radius 3 is 2.60 bits per heavy atom. The van der Waals surface area contributed by atoms with Crippen LogP contribution in [0.15, 0.2) is 36.8 Å². The fourth-order valence-corrected chi connectivity index (χ4v) is 7.16. The van der Waals surface area contributed by atoms with Gasteiger partial charge in [-0.2, -0.15) is 13.2 Å². The number of hydrogen-bond acceptors (Lipinski definition) is 5. The highest BCUT2D eigenvalue weighted by Crippen LogP contribution is 2.43. The first kappa shape index (κ1) is 29.0. The average molecular weight is 582 g/mol. The van der Waals surface area contributed by atoms with Gasteiger partial charge in [0, 0.05) is 31.2 Å². The molecule has 0 saturated heterocycles. The minimum absolute atomic E-state index is 0.0205. The summed E-state index contributed by atoms with van der Waals surface area (Å²) in [7, 11) is 0. The third-order valence-electron chi connectivity index (χ3n) is 9.72. The van der Waals surface area contributed by atoms with Crippen LogP contribution in [0.3, 0.4) is 0 Å². The second-order valence-electron chi connectivity index (χ2n) is 13.8. The molecule has 10 heteroatoms. The van der Waals surface area contributed by atoms with Crippen LogP contribution < -0.4 is 5.73 Å². The molecule has 2 fully saturated rings. The van der Waals surface area contributed by atoms with Gasteiger partial charge in [-0.1, -0.05) is 33.8 Å². The number of rotatable bonds is 8. The molecule has 4 aromatic rings. The number of benzene rings is 1. The lowest BCUT2D eigenvalue weighted by atomic mass is 9.76. The molecule has 3 heterocycles. The van der Waals surface area contributed by atoms with E-state index < -0.39 is 12.7 Å². The van der Waals surface area contributed by atoms with Crippen LogP contribution in [-0.4, -0.2) is 54.7 Å². The Kier molecular flexibility index (Phi) is 7.48. The minimum Gasteiger partial charge on any atom is -0.383 e. The molecule has 3 aromatic heterocycles. The largest absolute Gasteiger partial charge is 0.401 e. The molecule has 7 nitrogen and oxygen atoms in total. The zero-order valence-corrected chi connectivity index (χ0v) is 25.0. The standard InChI is InChI=1S/C32H42F3N7/c1-19-11-24(42-10-9-25-29(36)37-18-38-30(25)42)14-21(19)16-41(17-32(33,34)35)23-12-20(13-23)5-8-28-39-26-7-6-22(31(2,3)4)15-27(26)40-28/h6-7,9-10,15,18-21,23-24H,5,8,11-14,16-17H2,1-4H3,(H,39,40)(H2,36,37,38)/t19-,20?,21+,23?,24-/m0/s1. The van der Waals surface area contributed by atoms with E-state index in [1.165, 1.54) is 11.9 Å². The molecule has 6 rings (SSSR count). The topological polar surface area (TPSA) is 88.7 Å². The molecule has 0 bridgehead atoms. The first-order valence-electron chi connectivity index (χ1n) is 15.2. The molecule has 0 unspecified atom stereocenters. The molecule has 1 aromatic carbocycles. The highest BCUT2D eigenvalue weighted by molar-refractivity contribution is 5.86. The zero-order chi connectivity index (χ0) is 29.8. The molecule has 226 valence electrons. The van der Waals surface area contributed by atoms with Gasteiger partial charge in [0.2, 0.25) is 0 Å². The second kappa shape index (κ2) is 10.8. The molecule has 0 radical (unpaired) electrons. The summed E-state index contributed by atoms with van der Waals surface area (Å²) in [5, 5.41) is 0.824. The normalized spacial score (nSPS) is 25.1. The number of nitrogen functional groups attached to an aromatic ring is 1. The number of hydrogen-bond donors (Lipinski definition) is 2. The SMILES string of the molecule is C[C@H]1C[C@H](n2ccc3c(N)ncnc32)C[C@@H]1CN(CC(F)(F)F)C1CC(CCc2nc3ccc(C(C)(C)C)cc3[nH]2)C1.